The number of aliphatic hydroxyl groups excluding tert-OH is 1. The van der Waals surface area contributed by atoms with E-state index in [1.54, 1.807) is 0 Å². The van der Waals surface area contributed by atoms with Crippen LogP contribution < -0.4 is 10.6 Å². The first-order valence-corrected chi connectivity index (χ1v) is 9.10. The molecule has 1 aromatic carbocycles. The van der Waals surface area contributed by atoms with Crippen LogP contribution in [0.1, 0.15) is 50.7 Å². The normalized spacial score (nSPS) is 21.5. The summed E-state index contributed by atoms with van der Waals surface area (Å²) in [7, 11) is 0. The molecule has 1 aromatic rings. The number of rotatable bonds is 7. The number of aliphatic hydroxyl groups is 1. The van der Waals surface area contributed by atoms with Crippen molar-refractivity contribution in [3.63, 3.8) is 0 Å². The molecule has 5 heteroatoms. The van der Waals surface area contributed by atoms with Gasteiger partial charge >= 0.3 is 0 Å². The summed E-state index contributed by atoms with van der Waals surface area (Å²) in [5, 5.41) is 16.5. The summed E-state index contributed by atoms with van der Waals surface area (Å²) in [4.78, 5) is 4.74. The Balaban J connectivity index is 1.97. The van der Waals surface area contributed by atoms with Crippen molar-refractivity contribution in [1.29, 1.82) is 0 Å². The third kappa shape index (κ3) is 6.13. The average molecular weight is 333 g/mol. The molecule has 0 atom stereocenters. The topological polar surface area (TPSA) is 65.9 Å². The predicted molar refractivity (Wildman–Crippen MR) is 98.0 cm³/mol. The van der Waals surface area contributed by atoms with Gasteiger partial charge in [-0.05, 0) is 50.7 Å². The molecule has 0 radical (unpaired) electrons. The molecular formula is C19H31N3O2. The van der Waals surface area contributed by atoms with E-state index in [0.29, 0.717) is 19.2 Å². The van der Waals surface area contributed by atoms with E-state index >= 15 is 0 Å². The van der Waals surface area contributed by atoms with E-state index in [2.05, 4.69) is 29.7 Å². The minimum absolute atomic E-state index is 0.131. The van der Waals surface area contributed by atoms with Gasteiger partial charge in [0, 0.05) is 19.2 Å². The first-order valence-electron chi connectivity index (χ1n) is 9.10. The average Bonchev–Trinajstić information content (AvgIpc) is 2.60. The zero-order chi connectivity index (χ0) is 17.2. The predicted octanol–water partition coefficient (Wildman–Crippen LogP) is 2.58. The van der Waals surface area contributed by atoms with Crippen molar-refractivity contribution < 1.29 is 9.84 Å². The fraction of sp³-hybridized carbons (Fsp3) is 0.632. The van der Waals surface area contributed by atoms with Gasteiger partial charge in [-0.15, -0.1) is 0 Å². The van der Waals surface area contributed by atoms with E-state index in [4.69, 9.17) is 9.73 Å². The van der Waals surface area contributed by atoms with Gasteiger partial charge in [-0.25, -0.2) is 4.99 Å². The van der Waals surface area contributed by atoms with E-state index in [1.807, 2.05) is 19.1 Å². The maximum absolute atomic E-state index is 9.63. The number of benzene rings is 1. The minimum atomic E-state index is -0.131. The number of aliphatic imine (C=N–C) groups is 1. The van der Waals surface area contributed by atoms with E-state index in [9.17, 15) is 5.11 Å². The van der Waals surface area contributed by atoms with Crippen LogP contribution in [0.2, 0.25) is 0 Å². The van der Waals surface area contributed by atoms with E-state index < -0.39 is 0 Å². The van der Waals surface area contributed by atoms with Gasteiger partial charge in [0.25, 0.3) is 0 Å². The van der Waals surface area contributed by atoms with Crippen LogP contribution in [0.25, 0.3) is 0 Å². The van der Waals surface area contributed by atoms with Gasteiger partial charge in [0.2, 0.25) is 0 Å². The van der Waals surface area contributed by atoms with Gasteiger partial charge < -0.3 is 20.5 Å². The fourth-order valence-corrected chi connectivity index (χ4v) is 2.96. The van der Waals surface area contributed by atoms with Crippen molar-refractivity contribution in [2.45, 2.75) is 64.8 Å². The highest BCUT2D eigenvalue weighted by molar-refractivity contribution is 5.80. The smallest absolute Gasteiger partial charge is 0.191 e. The van der Waals surface area contributed by atoms with E-state index in [0.717, 1.165) is 44.8 Å². The maximum Gasteiger partial charge on any atom is 0.191 e. The molecule has 0 unspecified atom stereocenters. The maximum atomic E-state index is 9.63. The second kappa shape index (κ2) is 10.3. The lowest BCUT2D eigenvalue weighted by molar-refractivity contribution is 0.120. The summed E-state index contributed by atoms with van der Waals surface area (Å²) < 4.78 is 5.54. The van der Waals surface area contributed by atoms with Crippen molar-refractivity contribution >= 4 is 5.96 Å². The zero-order valence-corrected chi connectivity index (χ0v) is 14.9. The minimum Gasteiger partial charge on any atom is -0.393 e. The molecule has 1 aliphatic carbocycles. The second-order valence-corrected chi connectivity index (χ2v) is 6.25. The summed E-state index contributed by atoms with van der Waals surface area (Å²) in [5.41, 5.74) is 2.39. The molecule has 0 spiro atoms. The molecule has 0 heterocycles. The van der Waals surface area contributed by atoms with E-state index in [-0.39, 0.29) is 6.10 Å². The number of guanidine groups is 1. The van der Waals surface area contributed by atoms with Crippen molar-refractivity contribution in [1.82, 2.24) is 10.6 Å². The highest BCUT2D eigenvalue weighted by Gasteiger charge is 2.19. The van der Waals surface area contributed by atoms with Crippen LogP contribution in [0.5, 0.6) is 0 Å². The molecule has 2 rings (SSSR count). The Kier molecular flexibility index (Phi) is 8.05. The van der Waals surface area contributed by atoms with Crippen LogP contribution in [0.3, 0.4) is 0 Å². The molecule has 0 aromatic heterocycles. The van der Waals surface area contributed by atoms with Crippen LogP contribution in [0.4, 0.5) is 0 Å². The summed E-state index contributed by atoms with van der Waals surface area (Å²) >= 11 is 0. The fourth-order valence-electron chi connectivity index (χ4n) is 2.96. The number of nitrogens with zero attached hydrogens (tertiary/aromatic N) is 1. The third-order valence-electron chi connectivity index (χ3n) is 4.37. The van der Waals surface area contributed by atoms with Gasteiger partial charge in [-0.2, -0.15) is 0 Å². The van der Waals surface area contributed by atoms with Gasteiger partial charge in [0.1, 0.15) is 0 Å². The summed E-state index contributed by atoms with van der Waals surface area (Å²) in [6.45, 7) is 6.90. The molecule has 0 aliphatic heterocycles. The Labute approximate surface area is 145 Å². The molecule has 1 aliphatic rings. The van der Waals surface area contributed by atoms with Gasteiger partial charge in [-0.3, -0.25) is 0 Å². The van der Waals surface area contributed by atoms with Crippen molar-refractivity contribution in [2.75, 3.05) is 13.2 Å². The number of hydrogen-bond acceptors (Lipinski definition) is 3. The Hall–Kier alpha value is -1.59. The van der Waals surface area contributed by atoms with Crippen LogP contribution in [-0.2, 0) is 17.9 Å². The van der Waals surface area contributed by atoms with Gasteiger partial charge in [0.05, 0.1) is 19.3 Å². The highest BCUT2D eigenvalue weighted by Crippen LogP contribution is 2.18. The SMILES string of the molecule is CCNC(=NCc1ccccc1COCC)NC1CCC(O)CC1. The van der Waals surface area contributed by atoms with Gasteiger partial charge in [-0.1, -0.05) is 24.3 Å². The van der Waals surface area contributed by atoms with Crippen molar-refractivity contribution in [3.05, 3.63) is 35.4 Å². The standard InChI is InChI=1S/C19H31N3O2/c1-3-20-19(22-17-9-11-18(23)12-10-17)21-13-15-7-5-6-8-16(15)14-24-4-2/h5-8,17-18,23H,3-4,9-14H2,1-2H3,(H2,20,21,22). The molecular weight excluding hydrogens is 302 g/mol. The molecule has 0 bridgehead atoms. The van der Waals surface area contributed by atoms with Crippen LogP contribution in [0, 0.1) is 0 Å². The quantitative estimate of drug-likeness (QED) is 0.530. The molecule has 3 N–H and O–H groups in total. The monoisotopic (exact) mass is 333 g/mol. The molecule has 1 saturated carbocycles. The Bertz CT molecular complexity index is 511. The Morgan fingerprint density at radius 2 is 1.88 bits per heavy atom. The molecule has 5 nitrogen and oxygen atoms in total. The lowest BCUT2D eigenvalue weighted by atomic mass is 9.93. The number of hydrogen-bond donors (Lipinski definition) is 3. The summed E-state index contributed by atoms with van der Waals surface area (Å²) in [6.07, 6.45) is 3.59. The molecule has 0 amide bonds. The number of nitrogens with one attached hydrogen (secondary N) is 2. The van der Waals surface area contributed by atoms with Gasteiger partial charge in [0.15, 0.2) is 5.96 Å². The second-order valence-electron chi connectivity index (χ2n) is 6.25. The third-order valence-corrected chi connectivity index (χ3v) is 4.37. The summed E-state index contributed by atoms with van der Waals surface area (Å²) in [5.74, 6) is 0.852. The number of ether oxygens (including phenoxy) is 1. The largest absolute Gasteiger partial charge is 0.393 e. The lowest BCUT2D eigenvalue weighted by Crippen LogP contribution is -2.45. The molecule has 1 fully saturated rings. The van der Waals surface area contributed by atoms with Crippen LogP contribution >= 0.6 is 0 Å². The Morgan fingerprint density at radius 3 is 2.54 bits per heavy atom. The molecule has 24 heavy (non-hydrogen) atoms. The van der Waals surface area contributed by atoms with Crippen molar-refractivity contribution in [3.8, 4) is 0 Å². The van der Waals surface area contributed by atoms with E-state index in [1.165, 1.54) is 11.1 Å². The molecule has 0 saturated heterocycles. The first-order chi connectivity index (χ1) is 11.7. The van der Waals surface area contributed by atoms with Crippen LogP contribution in [0.15, 0.2) is 29.3 Å². The summed E-state index contributed by atoms with van der Waals surface area (Å²) in [6, 6.07) is 8.69. The Morgan fingerprint density at radius 1 is 1.17 bits per heavy atom. The highest BCUT2D eigenvalue weighted by atomic mass is 16.5. The first kappa shape index (κ1) is 18.7. The van der Waals surface area contributed by atoms with Crippen molar-refractivity contribution in [2.24, 2.45) is 4.99 Å². The van der Waals surface area contributed by atoms with Crippen LogP contribution in [-0.4, -0.2) is 36.4 Å². The zero-order valence-electron chi connectivity index (χ0n) is 14.9. The molecule has 134 valence electrons. The lowest BCUT2D eigenvalue weighted by Gasteiger charge is -2.27.